The van der Waals surface area contributed by atoms with Crippen molar-refractivity contribution in [3.05, 3.63) is 59.7 Å². The molecule has 0 aliphatic heterocycles. The number of halogens is 3. The lowest BCUT2D eigenvalue weighted by Gasteiger charge is -2.11. The molecule has 0 heterocycles. The molecule has 0 unspecified atom stereocenters. The van der Waals surface area contributed by atoms with E-state index < -0.39 is 23.7 Å². The molecule has 24 heavy (non-hydrogen) atoms. The predicted molar refractivity (Wildman–Crippen MR) is 81.9 cm³/mol. The molecule has 2 aromatic carbocycles. The molecule has 0 aliphatic carbocycles. The second-order valence-corrected chi connectivity index (χ2v) is 4.69. The van der Waals surface area contributed by atoms with Gasteiger partial charge in [-0.25, -0.2) is 9.59 Å². The molecule has 2 rings (SSSR count). The fourth-order valence-electron chi connectivity index (χ4n) is 1.91. The van der Waals surface area contributed by atoms with E-state index in [-0.39, 0.29) is 16.9 Å². The average molecular weight is 338 g/mol. The number of anilines is 2. The summed E-state index contributed by atoms with van der Waals surface area (Å²) in [7, 11) is 1.21. The summed E-state index contributed by atoms with van der Waals surface area (Å²) in [5.74, 6) is -0.625. The highest BCUT2D eigenvalue weighted by atomic mass is 19.4. The van der Waals surface area contributed by atoms with Gasteiger partial charge < -0.3 is 15.4 Å². The quantitative estimate of drug-likeness (QED) is 0.827. The molecule has 0 atom stereocenters. The van der Waals surface area contributed by atoms with E-state index in [1.165, 1.54) is 19.2 Å². The number of para-hydroxylation sites is 1. The summed E-state index contributed by atoms with van der Waals surface area (Å²) in [4.78, 5) is 23.5. The third-order valence-corrected chi connectivity index (χ3v) is 3.05. The van der Waals surface area contributed by atoms with Crippen LogP contribution in [0.15, 0.2) is 48.5 Å². The maximum absolute atomic E-state index is 12.5. The van der Waals surface area contributed by atoms with Crippen LogP contribution >= 0.6 is 0 Å². The molecule has 5 nitrogen and oxygen atoms in total. The van der Waals surface area contributed by atoms with Crippen LogP contribution in [0.5, 0.6) is 0 Å². The van der Waals surface area contributed by atoms with E-state index in [1.807, 2.05) is 0 Å². The van der Waals surface area contributed by atoms with E-state index in [1.54, 1.807) is 12.1 Å². The third kappa shape index (κ3) is 4.25. The van der Waals surface area contributed by atoms with Crippen LogP contribution in [-0.2, 0) is 10.9 Å². The van der Waals surface area contributed by atoms with Crippen LogP contribution in [0.4, 0.5) is 29.3 Å². The van der Waals surface area contributed by atoms with Crippen LogP contribution in [0.2, 0.25) is 0 Å². The number of hydrogen-bond acceptors (Lipinski definition) is 3. The minimum atomic E-state index is -4.44. The molecule has 2 amide bonds. The Bertz CT molecular complexity index is 743. The summed E-state index contributed by atoms with van der Waals surface area (Å²) < 4.78 is 42.0. The van der Waals surface area contributed by atoms with Gasteiger partial charge in [0, 0.05) is 5.69 Å². The minimum Gasteiger partial charge on any atom is -0.465 e. The van der Waals surface area contributed by atoms with Gasteiger partial charge in [0.1, 0.15) is 0 Å². The van der Waals surface area contributed by atoms with Gasteiger partial charge in [0.2, 0.25) is 0 Å². The Morgan fingerprint density at radius 1 is 0.958 bits per heavy atom. The third-order valence-electron chi connectivity index (χ3n) is 3.05. The van der Waals surface area contributed by atoms with Crippen molar-refractivity contribution < 1.29 is 27.5 Å². The van der Waals surface area contributed by atoms with Crippen molar-refractivity contribution in [2.75, 3.05) is 17.7 Å². The maximum Gasteiger partial charge on any atom is 0.416 e. The van der Waals surface area contributed by atoms with Crippen LogP contribution in [-0.4, -0.2) is 19.1 Å². The van der Waals surface area contributed by atoms with Gasteiger partial charge in [0.15, 0.2) is 0 Å². The van der Waals surface area contributed by atoms with Crippen LogP contribution in [0.25, 0.3) is 0 Å². The van der Waals surface area contributed by atoms with Gasteiger partial charge in [0.25, 0.3) is 0 Å². The number of hydrogen-bond donors (Lipinski definition) is 2. The summed E-state index contributed by atoms with van der Waals surface area (Å²) in [6, 6.07) is 9.47. The van der Waals surface area contributed by atoms with Crippen molar-refractivity contribution in [2.24, 2.45) is 0 Å². The zero-order chi connectivity index (χ0) is 17.7. The first-order valence-electron chi connectivity index (χ1n) is 6.74. The van der Waals surface area contributed by atoms with Crippen molar-refractivity contribution in [1.82, 2.24) is 0 Å². The Kier molecular flexibility index (Phi) is 5.08. The summed E-state index contributed by atoms with van der Waals surface area (Å²) in [5, 5.41) is 4.83. The number of methoxy groups -OCH3 is 1. The van der Waals surface area contributed by atoms with Crippen LogP contribution in [0.1, 0.15) is 15.9 Å². The fraction of sp³-hybridized carbons (Fsp3) is 0.125. The number of carbonyl (C=O) groups excluding carboxylic acids is 2. The second kappa shape index (κ2) is 7.03. The van der Waals surface area contributed by atoms with Crippen LogP contribution < -0.4 is 10.6 Å². The van der Waals surface area contributed by atoms with Gasteiger partial charge in [-0.05, 0) is 36.4 Å². The molecule has 126 valence electrons. The normalized spacial score (nSPS) is 10.8. The van der Waals surface area contributed by atoms with Crippen LogP contribution in [0.3, 0.4) is 0 Å². The van der Waals surface area contributed by atoms with E-state index in [2.05, 4.69) is 15.4 Å². The van der Waals surface area contributed by atoms with Crippen molar-refractivity contribution in [2.45, 2.75) is 6.18 Å². The lowest BCUT2D eigenvalue weighted by atomic mass is 10.2. The van der Waals surface area contributed by atoms with E-state index in [0.717, 1.165) is 24.3 Å². The number of nitrogens with one attached hydrogen (secondary N) is 2. The molecule has 2 aromatic rings. The van der Waals surface area contributed by atoms with Gasteiger partial charge in [-0.15, -0.1) is 0 Å². The summed E-state index contributed by atoms with van der Waals surface area (Å²) in [5.41, 5.74) is -0.267. The number of urea groups is 1. The van der Waals surface area contributed by atoms with Crippen molar-refractivity contribution in [3.8, 4) is 0 Å². The highest BCUT2D eigenvalue weighted by Crippen LogP contribution is 2.29. The van der Waals surface area contributed by atoms with Gasteiger partial charge in [-0.3, -0.25) is 0 Å². The molecule has 0 radical (unpaired) electrons. The standard InChI is InChI=1S/C16H13F3N2O3/c1-24-14(22)12-4-2-3-5-13(12)21-15(23)20-11-8-6-10(7-9-11)16(17,18)19/h2-9H,1H3,(H2,20,21,23). The summed E-state index contributed by atoms with van der Waals surface area (Å²) in [6.45, 7) is 0. The highest BCUT2D eigenvalue weighted by molar-refractivity contribution is 6.05. The largest absolute Gasteiger partial charge is 0.465 e. The lowest BCUT2D eigenvalue weighted by Crippen LogP contribution is -2.21. The van der Waals surface area contributed by atoms with Gasteiger partial charge in [-0.2, -0.15) is 13.2 Å². The molecule has 0 saturated heterocycles. The number of esters is 1. The van der Waals surface area contributed by atoms with E-state index in [9.17, 15) is 22.8 Å². The van der Waals surface area contributed by atoms with E-state index in [0.29, 0.717) is 0 Å². The first-order valence-corrected chi connectivity index (χ1v) is 6.74. The smallest absolute Gasteiger partial charge is 0.416 e. The number of ether oxygens (including phenoxy) is 1. The number of benzene rings is 2. The first-order chi connectivity index (χ1) is 11.3. The molecule has 0 aromatic heterocycles. The molecule has 0 bridgehead atoms. The van der Waals surface area contributed by atoms with E-state index >= 15 is 0 Å². The Morgan fingerprint density at radius 2 is 1.58 bits per heavy atom. The zero-order valence-electron chi connectivity index (χ0n) is 12.5. The topological polar surface area (TPSA) is 67.4 Å². The van der Waals surface area contributed by atoms with Crippen molar-refractivity contribution >= 4 is 23.4 Å². The predicted octanol–water partition coefficient (Wildman–Crippen LogP) is 4.14. The molecule has 0 aliphatic rings. The number of alkyl halides is 3. The maximum atomic E-state index is 12.5. The minimum absolute atomic E-state index is 0.155. The SMILES string of the molecule is COC(=O)c1ccccc1NC(=O)Nc1ccc(C(F)(F)F)cc1. The highest BCUT2D eigenvalue weighted by Gasteiger charge is 2.30. The molecule has 2 N–H and O–H groups in total. The second-order valence-electron chi connectivity index (χ2n) is 4.69. The van der Waals surface area contributed by atoms with Gasteiger partial charge in [0.05, 0.1) is 23.9 Å². The molecule has 0 spiro atoms. The molecular weight excluding hydrogens is 325 g/mol. The Labute approximate surface area is 135 Å². The number of carbonyl (C=O) groups is 2. The molecule has 0 saturated carbocycles. The van der Waals surface area contributed by atoms with Gasteiger partial charge in [-0.1, -0.05) is 12.1 Å². The van der Waals surface area contributed by atoms with Crippen LogP contribution in [0, 0.1) is 0 Å². The lowest BCUT2D eigenvalue weighted by molar-refractivity contribution is -0.137. The fourth-order valence-corrected chi connectivity index (χ4v) is 1.91. The monoisotopic (exact) mass is 338 g/mol. The Hall–Kier alpha value is -3.03. The van der Waals surface area contributed by atoms with Crippen molar-refractivity contribution in [1.29, 1.82) is 0 Å². The first kappa shape index (κ1) is 17.3. The molecule has 8 heteroatoms. The Morgan fingerprint density at radius 3 is 2.17 bits per heavy atom. The summed E-state index contributed by atoms with van der Waals surface area (Å²) >= 11 is 0. The van der Waals surface area contributed by atoms with E-state index in [4.69, 9.17) is 0 Å². The molecular formula is C16H13F3N2O3. The summed E-state index contributed by atoms with van der Waals surface area (Å²) in [6.07, 6.45) is -4.44. The average Bonchev–Trinajstić information content (AvgIpc) is 2.54. The Balaban J connectivity index is 2.08. The van der Waals surface area contributed by atoms with Crippen molar-refractivity contribution in [3.63, 3.8) is 0 Å². The number of amides is 2. The number of rotatable bonds is 3. The molecule has 0 fully saturated rings. The van der Waals surface area contributed by atoms with Gasteiger partial charge >= 0.3 is 18.2 Å². The zero-order valence-corrected chi connectivity index (χ0v) is 12.5.